The Morgan fingerprint density at radius 2 is 2.12 bits per heavy atom. The molecular formula is C11H12FN3O. The van der Waals surface area contributed by atoms with E-state index in [2.05, 4.69) is 14.9 Å². The summed E-state index contributed by atoms with van der Waals surface area (Å²) in [6.45, 7) is 2.93. The fourth-order valence-corrected chi connectivity index (χ4v) is 2.04. The molecule has 0 unspecified atom stereocenters. The average molecular weight is 221 g/mol. The van der Waals surface area contributed by atoms with Crippen LogP contribution in [-0.2, 0) is 4.74 Å². The number of hydrogen-bond acceptors (Lipinski definition) is 3. The molecule has 1 aromatic carbocycles. The molecule has 0 amide bonds. The lowest BCUT2D eigenvalue weighted by atomic mass is 10.2. The smallest absolute Gasteiger partial charge is 0.127 e. The Morgan fingerprint density at radius 1 is 1.31 bits per heavy atom. The van der Waals surface area contributed by atoms with Crippen LogP contribution in [0.2, 0.25) is 0 Å². The molecule has 0 aliphatic carbocycles. The summed E-state index contributed by atoms with van der Waals surface area (Å²) < 4.78 is 18.7. The van der Waals surface area contributed by atoms with E-state index < -0.39 is 0 Å². The number of aromatic nitrogens is 2. The van der Waals surface area contributed by atoms with Crippen LogP contribution >= 0.6 is 0 Å². The second-order valence-corrected chi connectivity index (χ2v) is 3.82. The molecule has 16 heavy (non-hydrogen) atoms. The number of anilines is 1. The summed E-state index contributed by atoms with van der Waals surface area (Å²) in [5.74, 6) is -0.238. The zero-order valence-electron chi connectivity index (χ0n) is 8.74. The topological polar surface area (TPSA) is 41.1 Å². The molecule has 1 N–H and O–H groups in total. The summed E-state index contributed by atoms with van der Waals surface area (Å²) in [6.07, 6.45) is 1.59. The third kappa shape index (κ3) is 1.53. The van der Waals surface area contributed by atoms with Crippen molar-refractivity contribution in [3.05, 3.63) is 24.3 Å². The van der Waals surface area contributed by atoms with E-state index in [-0.39, 0.29) is 5.82 Å². The van der Waals surface area contributed by atoms with Gasteiger partial charge in [0.15, 0.2) is 0 Å². The van der Waals surface area contributed by atoms with Crippen LogP contribution in [0.15, 0.2) is 18.5 Å². The van der Waals surface area contributed by atoms with Crippen molar-refractivity contribution < 1.29 is 9.13 Å². The van der Waals surface area contributed by atoms with Crippen molar-refractivity contribution in [3.8, 4) is 0 Å². The predicted octanol–water partition coefficient (Wildman–Crippen LogP) is 1.54. The number of ether oxygens (including phenoxy) is 1. The van der Waals surface area contributed by atoms with Crippen molar-refractivity contribution in [1.29, 1.82) is 0 Å². The third-order valence-electron chi connectivity index (χ3n) is 2.82. The first-order chi connectivity index (χ1) is 7.84. The van der Waals surface area contributed by atoms with Crippen LogP contribution in [-0.4, -0.2) is 36.3 Å². The van der Waals surface area contributed by atoms with Gasteiger partial charge in [0.2, 0.25) is 0 Å². The number of halogens is 1. The molecule has 0 saturated carbocycles. The Bertz CT molecular complexity index is 505. The van der Waals surface area contributed by atoms with Gasteiger partial charge in [0, 0.05) is 13.1 Å². The normalized spacial score (nSPS) is 16.9. The van der Waals surface area contributed by atoms with E-state index in [9.17, 15) is 4.39 Å². The van der Waals surface area contributed by atoms with Crippen molar-refractivity contribution in [1.82, 2.24) is 9.97 Å². The van der Waals surface area contributed by atoms with Gasteiger partial charge < -0.3 is 14.6 Å². The van der Waals surface area contributed by atoms with Gasteiger partial charge in [0.25, 0.3) is 0 Å². The lowest BCUT2D eigenvalue weighted by Crippen LogP contribution is -2.36. The van der Waals surface area contributed by atoms with E-state index in [1.165, 1.54) is 12.1 Å². The van der Waals surface area contributed by atoms with E-state index in [1.54, 1.807) is 6.33 Å². The molecule has 2 aromatic rings. The highest BCUT2D eigenvalue weighted by atomic mass is 19.1. The van der Waals surface area contributed by atoms with Gasteiger partial charge in [-0.25, -0.2) is 9.37 Å². The number of nitrogens with one attached hydrogen (secondary N) is 1. The minimum atomic E-state index is -0.238. The molecule has 1 fully saturated rings. The molecule has 0 radical (unpaired) electrons. The number of imidazole rings is 1. The van der Waals surface area contributed by atoms with Gasteiger partial charge >= 0.3 is 0 Å². The van der Waals surface area contributed by atoms with Crippen LogP contribution < -0.4 is 4.90 Å². The predicted molar refractivity (Wildman–Crippen MR) is 59.1 cm³/mol. The first-order valence-electron chi connectivity index (χ1n) is 5.30. The van der Waals surface area contributed by atoms with Gasteiger partial charge in [0.05, 0.1) is 30.7 Å². The van der Waals surface area contributed by atoms with Crippen molar-refractivity contribution in [2.24, 2.45) is 0 Å². The van der Waals surface area contributed by atoms with Crippen LogP contribution in [0.3, 0.4) is 0 Å². The van der Waals surface area contributed by atoms with E-state index in [4.69, 9.17) is 4.74 Å². The maximum Gasteiger partial charge on any atom is 0.127 e. The standard InChI is InChI=1S/C11H12FN3O/c12-8-5-9-11(14-7-13-9)10(6-8)15-1-3-16-4-2-15/h5-7H,1-4H2,(H,13,14). The fraction of sp³-hybridized carbons (Fsp3) is 0.364. The SMILES string of the molecule is Fc1cc(N2CCOCC2)c2nc[nH]c2c1. The van der Waals surface area contributed by atoms with Gasteiger partial charge in [-0.1, -0.05) is 0 Å². The number of hydrogen-bond donors (Lipinski definition) is 1. The summed E-state index contributed by atoms with van der Waals surface area (Å²) >= 11 is 0. The quantitative estimate of drug-likeness (QED) is 0.794. The van der Waals surface area contributed by atoms with Gasteiger partial charge in [-0.05, 0) is 12.1 Å². The summed E-state index contributed by atoms with van der Waals surface area (Å²) in [5.41, 5.74) is 2.41. The minimum absolute atomic E-state index is 0.238. The van der Waals surface area contributed by atoms with Crippen molar-refractivity contribution in [3.63, 3.8) is 0 Å². The third-order valence-corrected chi connectivity index (χ3v) is 2.82. The molecule has 4 nitrogen and oxygen atoms in total. The molecule has 84 valence electrons. The summed E-state index contributed by atoms with van der Waals surface area (Å²) in [6, 6.07) is 3.00. The molecule has 1 aliphatic heterocycles. The highest BCUT2D eigenvalue weighted by Gasteiger charge is 2.16. The van der Waals surface area contributed by atoms with E-state index >= 15 is 0 Å². The fourth-order valence-electron chi connectivity index (χ4n) is 2.04. The lowest BCUT2D eigenvalue weighted by molar-refractivity contribution is 0.123. The number of aromatic amines is 1. The van der Waals surface area contributed by atoms with Crippen molar-refractivity contribution >= 4 is 16.7 Å². The largest absolute Gasteiger partial charge is 0.378 e. The lowest BCUT2D eigenvalue weighted by Gasteiger charge is -2.29. The first kappa shape index (κ1) is 9.59. The Balaban J connectivity index is 2.09. The summed E-state index contributed by atoms with van der Waals surface area (Å²) in [5, 5.41) is 0. The highest BCUT2D eigenvalue weighted by molar-refractivity contribution is 5.88. The van der Waals surface area contributed by atoms with Gasteiger partial charge in [0.1, 0.15) is 11.3 Å². The Kier molecular flexibility index (Phi) is 2.25. The Hall–Kier alpha value is -1.62. The van der Waals surface area contributed by atoms with E-state index in [0.717, 1.165) is 29.8 Å². The molecule has 0 spiro atoms. The summed E-state index contributed by atoms with van der Waals surface area (Å²) in [4.78, 5) is 9.27. The van der Waals surface area contributed by atoms with Crippen molar-refractivity contribution in [2.75, 3.05) is 31.2 Å². The molecule has 2 heterocycles. The second-order valence-electron chi connectivity index (χ2n) is 3.82. The molecule has 1 aliphatic rings. The molecule has 1 saturated heterocycles. The van der Waals surface area contributed by atoms with Crippen LogP contribution in [0.5, 0.6) is 0 Å². The van der Waals surface area contributed by atoms with Crippen LogP contribution in [0, 0.1) is 5.82 Å². The number of fused-ring (bicyclic) bond motifs is 1. The van der Waals surface area contributed by atoms with Crippen molar-refractivity contribution in [2.45, 2.75) is 0 Å². The van der Waals surface area contributed by atoms with Gasteiger partial charge in [-0.15, -0.1) is 0 Å². The van der Waals surface area contributed by atoms with Crippen LogP contribution in [0.4, 0.5) is 10.1 Å². The maximum absolute atomic E-state index is 13.4. The van der Waals surface area contributed by atoms with Gasteiger partial charge in [-0.3, -0.25) is 0 Å². The number of morpholine rings is 1. The van der Waals surface area contributed by atoms with Gasteiger partial charge in [-0.2, -0.15) is 0 Å². The van der Waals surface area contributed by atoms with E-state index in [0.29, 0.717) is 13.2 Å². The van der Waals surface area contributed by atoms with E-state index in [1.807, 2.05) is 0 Å². The zero-order valence-corrected chi connectivity index (χ0v) is 8.74. The minimum Gasteiger partial charge on any atom is -0.378 e. The molecule has 5 heteroatoms. The highest BCUT2D eigenvalue weighted by Crippen LogP contribution is 2.26. The molecule has 0 atom stereocenters. The maximum atomic E-state index is 13.4. The molecular weight excluding hydrogens is 209 g/mol. The monoisotopic (exact) mass is 221 g/mol. The Labute approximate surface area is 92.0 Å². The number of H-pyrrole nitrogens is 1. The molecule has 3 rings (SSSR count). The second kappa shape index (κ2) is 3.75. The van der Waals surface area contributed by atoms with Crippen LogP contribution in [0.25, 0.3) is 11.0 Å². The molecule has 0 bridgehead atoms. The summed E-state index contributed by atoms with van der Waals surface area (Å²) in [7, 11) is 0. The number of rotatable bonds is 1. The average Bonchev–Trinajstić information content (AvgIpc) is 2.77. The number of benzene rings is 1. The first-order valence-corrected chi connectivity index (χ1v) is 5.30. The molecule has 1 aromatic heterocycles. The van der Waals surface area contributed by atoms with Crippen LogP contribution in [0.1, 0.15) is 0 Å². The Morgan fingerprint density at radius 3 is 2.94 bits per heavy atom. The zero-order chi connectivity index (χ0) is 11.0. The number of nitrogens with zero attached hydrogens (tertiary/aromatic N) is 2.